The molecular weight excluding hydrogens is 242 g/mol. The van der Waals surface area contributed by atoms with Gasteiger partial charge >= 0.3 is 5.97 Å². The van der Waals surface area contributed by atoms with E-state index in [-0.39, 0.29) is 12.1 Å². The third-order valence-electron chi connectivity index (χ3n) is 2.36. The highest BCUT2D eigenvalue weighted by molar-refractivity contribution is 6.30. The number of nitrogens with two attached hydrogens (primary N) is 1. The first-order valence-corrected chi connectivity index (χ1v) is 5.27. The van der Waals surface area contributed by atoms with Gasteiger partial charge in [0.2, 0.25) is 0 Å². The Morgan fingerprint density at radius 1 is 1.41 bits per heavy atom. The van der Waals surface area contributed by atoms with Gasteiger partial charge in [-0.25, -0.2) is 9.48 Å². The number of hydrogen-bond acceptors (Lipinski definition) is 3. The second-order valence-corrected chi connectivity index (χ2v) is 3.84. The van der Waals surface area contributed by atoms with Gasteiger partial charge in [-0.1, -0.05) is 11.6 Å². The maximum absolute atomic E-state index is 10.9. The monoisotopic (exact) mass is 251 g/mol. The van der Waals surface area contributed by atoms with E-state index in [0.29, 0.717) is 10.7 Å². The largest absolute Gasteiger partial charge is 0.478 e. The highest BCUT2D eigenvalue weighted by atomic mass is 35.5. The molecule has 0 aliphatic carbocycles. The van der Waals surface area contributed by atoms with Crippen LogP contribution in [0.2, 0.25) is 5.02 Å². The Kier molecular flexibility index (Phi) is 3.12. The van der Waals surface area contributed by atoms with E-state index in [4.69, 9.17) is 22.4 Å². The summed E-state index contributed by atoms with van der Waals surface area (Å²) in [4.78, 5) is 10.9. The minimum Gasteiger partial charge on any atom is -0.478 e. The van der Waals surface area contributed by atoms with Crippen LogP contribution in [-0.4, -0.2) is 20.9 Å². The van der Waals surface area contributed by atoms with Gasteiger partial charge < -0.3 is 10.8 Å². The summed E-state index contributed by atoms with van der Waals surface area (Å²) in [6.07, 6.45) is 1.29. The molecule has 0 saturated carbocycles. The highest BCUT2D eigenvalue weighted by Gasteiger charge is 2.16. The van der Waals surface area contributed by atoms with Crippen molar-refractivity contribution in [1.82, 2.24) is 9.78 Å². The summed E-state index contributed by atoms with van der Waals surface area (Å²) in [5.74, 6) is -1.04. The molecule has 0 amide bonds. The molecule has 0 fully saturated rings. The van der Waals surface area contributed by atoms with Gasteiger partial charge in [0.05, 0.1) is 17.6 Å². The smallest absolute Gasteiger partial charge is 0.339 e. The van der Waals surface area contributed by atoms with Crippen molar-refractivity contribution in [2.45, 2.75) is 6.54 Å². The number of aromatic carboxylic acids is 1. The number of carbonyl (C=O) groups is 1. The first-order chi connectivity index (χ1) is 8.13. The van der Waals surface area contributed by atoms with E-state index < -0.39 is 5.97 Å². The molecule has 88 valence electrons. The van der Waals surface area contributed by atoms with Crippen molar-refractivity contribution in [3.8, 4) is 5.69 Å². The number of halogens is 1. The molecule has 0 aliphatic rings. The first kappa shape index (κ1) is 11.6. The molecule has 0 aliphatic heterocycles. The number of carboxylic acids is 1. The second kappa shape index (κ2) is 4.57. The fourth-order valence-corrected chi connectivity index (χ4v) is 1.68. The van der Waals surface area contributed by atoms with E-state index in [1.165, 1.54) is 10.9 Å². The zero-order chi connectivity index (χ0) is 12.4. The van der Waals surface area contributed by atoms with E-state index in [0.717, 1.165) is 5.69 Å². The van der Waals surface area contributed by atoms with Crippen LogP contribution in [0, 0.1) is 0 Å². The molecule has 0 bridgehead atoms. The fraction of sp³-hybridized carbons (Fsp3) is 0.0909. The predicted molar refractivity (Wildman–Crippen MR) is 63.4 cm³/mol. The molecular formula is C11H10ClN3O2. The number of hydrogen-bond donors (Lipinski definition) is 2. The minimum atomic E-state index is -1.04. The molecule has 6 heteroatoms. The Bertz CT molecular complexity index is 548. The lowest BCUT2D eigenvalue weighted by atomic mass is 10.2. The van der Waals surface area contributed by atoms with Crippen LogP contribution >= 0.6 is 11.6 Å². The van der Waals surface area contributed by atoms with Crippen molar-refractivity contribution in [2.75, 3.05) is 0 Å². The Morgan fingerprint density at radius 2 is 2.06 bits per heavy atom. The lowest BCUT2D eigenvalue weighted by molar-refractivity contribution is 0.0695. The summed E-state index contributed by atoms with van der Waals surface area (Å²) >= 11 is 5.78. The molecule has 5 nitrogen and oxygen atoms in total. The van der Waals surface area contributed by atoms with Crippen LogP contribution in [0.5, 0.6) is 0 Å². The number of benzene rings is 1. The molecule has 3 N–H and O–H groups in total. The number of aromatic nitrogens is 2. The number of rotatable bonds is 3. The summed E-state index contributed by atoms with van der Waals surface area (Å²) in [5.41, 5.74) is 6.85. The van der Waals surface area contributed by atoms with E-state index in [1.807, 2.05) is 0 Å². The van der Waals surface area contributed by atoms with Gasteiger partial charge in [0.1, 0.15) is 5.56 Å². The average Bonchev–Trinajstić information content (AvgIpc) is 2.73. The van der Waals surface area contributed by atoms with Crippen LogP contribution < -0.4 is 5.73 Å². The van der Waals surface area contributed by atoms with Crippen molar-refractivity contribution in [3.63, 3.8) is 0 Å². The van der Waals surface area contributed by atoms with Crippen molar-refractivity contribution in [3.05, 3.63) is 46.7 Å². The fourth-order valence-electron chi connectivity index (χ4n) is 1.55. The van der Waals surface area contributed by atoms with Crippen LogP contribution in [-0.2, 0) is 6.54 Å². The van der Waals surface area contributed by atoms with Crippen LogP contribution in [0.15, 0.2) is 30.5 Å². The molecule has 0 radical (unpaired) electrons. The zero-order valence-electron chi connectivity index (χ0n) is 8.80. The predicted octanol–water partition coefficient (Wildman–Crippen LogP) is 1.68. The topological polar surface area (TPSA) is 81.1 Å². The Morgan fingerprint density at radius 3 is 2.59 bits per heavy atom. The third-order valence-corrected chi connectivity index (χ3v) is 2.62. The molecule has 2 rings (SSSR count). The van der Waals surface area contributed by atoms with Crippen molar-refractivity contribution < 1.29 is 9.90 Å². The minimum absolute atomic E-state index is 0.101. The normalized spacial score (nSPS) is 10.5. The van der Waals surface area contributed by atoms with Crippen LogP contribution in [0.4, 0.5) is 0 Å². The molecule has 2 aromatic rings. The van der Waals surface area contributed by atoms with Gasteiger partial charge in [-0.15, -0.1) is 0 Å². The van der Waals surface area contributed by atoms with Gasteiger partial charge in [0.15, 0.2) is 0 Å². The van der Waals surface area contributed by atoms with Gasteiger partial charge in [0, 0.05) is 11.6 Å². The zero-order valence-corrected chi connectivity index (χ0v) is 9.55. The summed E-state index contributed by atoms with van der Waals surface area (Å²) in [7, 11) is 0. The average molecular weight is 252 g/mol. The Balaban J connectivity index is 2.52. The van der Waals surface area contributed by atoms with Gasteiger partial charge in [-0.2, -0.15) is 5.10 Å². The molecule has 0 saturated heterocycles. The van der Waals surface area contributed by atoms with Crippen molar-refractivity contribution >= 4 is 17.6 Å². The summed E-state index contributed by atoms with van der Waals surface area (Å²) < 4.78 is 1.50. The quantitative estimate of drug-likeness (QED) is 0.870. The Labute approximate surface area is 102 Å². The lowest BCUT2D eigenvalue weighted by Gasteiger charge is -2.06. The van der Waals surface area contributed by atoms with Crippen molar-refractivity contribution in [2.24, 2.45) is 5.73 Å². The molecule has 0 atom stereocenters. The molecule has 0 spiro atoms. The third kappa shape index (κ3) is 2.15. The lowest BCUT2D eigenvalue weighted by Crippen LogP contribution is -2.10. The van der Waals surface area contributed by atoms with E-state index in [1.54, 1.807) is 24.3 Å². The summed E-state index contributed by atoms with van der Waals surface area (Å²) in [6, 6.07) is 6.92. The van der Waals surface area contributed by atoms with Gasteiger partial charge in [-0.3, -0.25) is 0 Å². The van der Waals surface area contributed by atoms with E-state index in [2.05, 4.69) is 5.10 Å². The van der Waals surface area contributed by atoms with Gasteiger partial charge in [-0.05, 0) is 24.3 Å². The molecule has 0 unspecified atom stereocenters. The van der Waals surface area contributed by atoms with E-state index in [9.17, 15) is 4.79 Å². The number of carboxylic acid groups (broad SMARTS) is 1. The molecule has 1 aromatic carbocycles. The summed E-state index contributed by atoms with van der Waals surface area (Å²) in [5, 5.41) is 13.6. The summed E-state index contributed by atoms with van der Waals surface area (Å²) in [6.45, 7) is 0.101. The van der Waals surface area contributed by atoms with Crippen LogP contribution in [0.25, 0.3) is 5.69 Å². The number of nitrogens with zero attached hydrogens (tertiary/aromatic N) is 2. The second-order valence-electron chi connectivity index (χ2n) is 3.40. The van der Waals surface area contributed by atoms with Crippen LogP contribution in [0.1, 0.15) is 16.1 Å². The molecule has 1 heterocycles. The van der Waals surface area contributed by atoms with Crippen molar-refractivity contribution in [1.29, 1.82) is 0 Å². The first-order valence-electron chi connectivity index (χ1n) is 4.89. The standard InChI is InChI=1S/C11H10ClN3O2/c12-7-1-3-8(4-2-7)15-10(5-13)9(6-14-15)11(16)17/h1-4,6H,5,13H2,(H,16,17). The molecule has 17 heavy (non-hydrogen) atoms. The van der Waals surface area contributed by atoms with Crippen LogP contribution in [0.3, 0.4) is 0 Å². The maximum Gasteiger partial charge on any atom is 0.339 e. The van der Waals surface area contributed by atoms with Gasteiger partial charge in [0.25, 0.3) is 0 Å². The maximum atomic E-state index is 10.9. The van der Waals surface area contributed by atoms with E-state index >= 15 is 0 Å². The molecule has 1 aromatic heterocycles. The Hall–Kier alpha value is -1.85. The highest BCUT2D eigenvalue weighted by Crippen LogP contribution is 2.17. The SMILES string of the molecule is NCc1c(C(=O)O)cnn1-c1ccc(Cl)cc1.